The van der Waals surface area contributed by atoms with Crippen LogP contribution in [0.15, 0.2) is 29.2 Å². The molecule has 2 N–H and O–H groups in total. The minimum Gasteiger partial charge on any atom is -0.340 e. The van der Waals surface area contributed by atoms with E-state index in [1.54, 1.807) is 16.8 Å². The molecule has 0 radical (unpaired) electrons. The predicted molar refractivity (Wildman–Crippen MR) is 88.1 cm³/mol. The Hall–Kier alpha value is -1.24. The zero-order valence-electron chi connectivity index (χ0n) is 12.1. The third-order valence-electron chi connectivity index (χ3n) is 3.50. The monoisotopic (exact) mass is 329 g/mol. The first-order valence-corrected chi connectivity index (χ1v) is 7.51. The first-order chi connectivity index (χ1) is 9.54. The number of carbonyl (C=O) groups excluding carboxylic acids is 2. The summed E-state index contributed by atoms with van der Waals surface area (Å²) in [5, 5.41) is 0. The Morgan fingerprint density at radius 1 is 1.48 bits per heavy atom. The van der Waals surface area contributed by atoms with Gasteiger partial charge in [-0.25, -0.2) is 0 Å². The molecular formula is C14H20ClN3O2S. The van der Waals surface area contributed by atoms with E-state index >= 15 is 0 Å². The molecule has 1 aliphatic heterocycles. The van der Waals surface area contributed by atoms with Crippen molar-refractivity contribution in [2.45, 2.75) is 17.9 Å². The smallest absolute Gasteiger partial charge is 0.242 e. The predicted octanol–water partition coefficient (Wildman–Crippen LogP) is 1.35. The quantitative estimate of drug-likeness (QED) is 0.905. The fourth-order valence-electron chi connectivity index (χ4n) is 1.98. The van der Waals surface area contributed by atoms with E-state index in [1.165, 1.54) is 11.8 Å². The SMILES string of the molecule is CC(CN)N(C)C(=O)CN1C(=O)CSc2ccccc21.Cl. The first kappa shape index (κ1) is 17.8. The van der Waals surface area contributed by atoms with Gasteiger partial charge < -0.3 is 15.5 Å². The normalized spacial score (nSPS) is 15.0. The van der Waals surface area contributed by atoms with Gasteiger partial charge in [-0.3, -0.25) is 9.59 Å². The Kier molecular flexibility index (Phi) is 6.51. The maximum absolute atomic E-state index is 12.2. The zero-order valence-corrected chi connectivity index (χ0v) is 13.7. The standard InChI is InChI=1S/C14H19N3O2S.ClH/c1-10(7-15)16(2)13(18)8-17-11-5-3-4-6-12(11)20-9-14(17)19;/h3-6,10H,7-9,15H2,1-2H3;1H. The number of benzene rings is 1. The van der Waals surface area contributed by atoms with Gasteiger partial charge in [-0.15, -0.1) is 24.2 Å². The largest absolute Gasteiger partial charge is 0.340 e. The molecule has 0 aliphatic carbocycles. The number of likely N-dealkylation sites (N-methyl/N-ethyl adjacent to an activating group) is 1. The number of amides is 2. The summed E-state index contributed by atoms with van der Waals surface area (Å²) in [5.74, 6) is 0.245. The zero-order chi connectivity index (χ0) is 14.7. The van der Waals surface area contributed by atoms with E-state index in [4.69, 9.17) is 5.73 Å². The van der Waals surface area contributed by atoms with Crippen molar-refractivity contribution >= 4 is 41.7 Å². The Bertz CT molecular complexity index is 527. The molecule has 0 fully saturated rings. The molecule has 0 bridgehead atoms. The van der Waals surface area contributed by atoms with Crippen LogP contribution >= 0.6 is 24.2 Å². The van der Waals surface area contributed by atoms with Crippen LogP contribution in [0.3, 0.4) is 0 Å². The lowest BCUT2D eigenvalue weighted by Crippen LogP contribution is -2.47. The van der Waals surface area contributed by atoms with Crippen molar-refractivity contribution in [2.24, 2.45) is 5.73 Å². The van der Waals surface area contributed by atoms with Crippen molar-refractivity contribution < 1.29 is 9.59 Å². The molecule has 116 valence electrons. The van der Waals surface area contributed by atoms with Crippen LogP contribution in [0.25, 0.3) is 0 Å². The van der Waals surface area contributed by atoms with Crippen molar-refractivity contribution in [1.29, 1.82) is 0 Å². The number of nitrogens with two attached hydrogens (primary N) is 1. The van der Waals surface area contributed by atoms with Gasteiger partial charge in [0.15, 0.2) is 0 Å². The third-order valence-corrected chi connectivity index (χ3v) is 4.54. The number of hydrogen-bond donors (Lipinski definition) is 1. The summed E-state index contributed by atoms with van der Waals surface area (Å²) >= 11 is 1.51. The molecule has 0 saturated heterocycles. The molecule has 0 saturated carbocycles. The molecule has 2 rings (SSSR count). The molecule has 1 atom stereocenters. The summed E-state index contributed by atoms with van der Waals surface area (Å²) in [5.41, 5.74) is 6.39. The number of nitrogens with zero attached hydrogens (tertiary/aromatic N) is 2. The van der Waals surface area contributed by atoms with Crippen LogP contribution in [0, 0.1) is 0 Å². The summed E-state index contributed by atoms with van der Waals surface area (Å²) < 4.78 is 0. The van der Waals surface area contributed by atoms with Crippen LogP contribution in [0.1, 0.15) is 6.92 Å². The number of rotatable bonds is 4. The van der Waals surface area contributed by atoms with Gasteiger partial charge in [0.1, 0.15) is 6.54 Å². The maximum Gasteiger partial charge on any atom is 0.242 e. The van der Waals surface area contributed by atoms with Crippen LogP contribution in [-0.4, -0.2) is 48.6 Å². The summed E-state index contributed by atoms with van der Waals surface area (Å²) in [6, 6.07) is 7.62. The molecular weight excluding hydrogens is 310 g/mol. The van der Waals surface area contributed by atoms with Gasteiger partial charge in [-0.2, -0.15) is 0 Å². The van der Waals surface area contributed by atoms with Gasteiger partial charge in [0.2, 0.25) is 11.8 Å². The molecule has 1 aromatic carbocycles. The molecule has 21 heavy (non-hydrogen) atoms. The minimum atomic E-state index is -0.0991. The summed E-state index contributed by atoms with van der Waals surface area (Å²) in [6.07, 6.45) is 0. The molecule has 1 aliphatic rings. The molecule has 7 heteroatoms. The first-order valence-electron chi connectivity index (χ1n) is 6.52. The number of thioether (sulfide) groups is 1. The van der Waals surface area contributed by atoms with Crippen LogP contribution in [0.4, 0.5) is 5.69 Å². The number of halogens is 1. The minimum absolute atomic E-state index is 0. The van der Waals surface area contributed by atoms with E-state index in [1.807, 2.05) is 31.2 Å². The van der Waals surface area contributed by atoms with Crippen LogP contribution in [0.2, 0.25) is 0 Å². The van der Waals surface area contributed by atoms with Gasteiger partial charge in [-0.1, -0.05) is 12.1 Å². The second kappa shape index (κ2) is 7.68. The number of carbonyl (C=O) groups is 2. The lowest BCUT2D eigenvalue weighted by atomic mass is 10.2. The van der Waals surface area contributed by atoms with Crippen molar-refractivity contribution in [3.8, 4) is 0 Å². The molecule has 5 nitrogen and oxygen atoms in total. The number of fused-ring (bicyclic) bond motifs is 1. The molecule has 1 heterocycles. The van der Waals surface area contributed by atoms with Gasteiger partial charge in [0.25, 0.3) is 0 Å². The van der Waals surface area contributed by atoms with Gasteiger partial charge in [0.05, 0.1) is 11.4 Å². The van der Waals surface area contributed by atoms with E-state index in [-0.39, 0.29) is 36.8 Å². The Morgan fingerprint density at radius 3 is 2.81 bits per heavy atom. The highest BCUT2D eigenvalue weighted by atomic mass is 35.5. The molecule has 0 aromatic heterocycles. The lowest BCUT2D eigenvalue weighted by molar-refractivity contribution is -0.131. The molecule has 1 unspecified atom stereocenters. The Labute approximate surface area is 135 Å². The second-order valence-electron chi connectivity index (χ2n) is 4.83. The van der Waals surface area contributed by atoms with Crippen molar-refractivity contribution in [3.05, 3.63) is 24.3 Å². The lowest BCUT2D eigenvalue weighted by Gasteiger charge is -2.31. The highest BCUT2D eigenvalue weighted by Crippen LogP contribution is 2.34. The molecule has 0 spiro atoms. The summed E-state index contributed by atoms with van der Waals surface area (Å²) in [6.45, 7) is 2.36. The number of anilines is 1. The van der Waals surface area contributed by atoms with Crippen molar-refractivity contribution in [2.75, 3.05) is 30.8 Å². The number of para-hydroxylation sites is 1. The van der Waals surface area contributed by atoms with Crippen molar-refractivity contribution in [3.63, 3.8) is 0 Å². The molecule has 1 aromatic rings. The highest BCUT2D eigenvalue weighted by Gasteiger charge is 2.27. The van der Waals surface area contributed by atoms with Crippen LogP contribution < -0.4 is 10.6 Å². The summed E-state index contributed by atoms with van der Waals surface area (Å²) in [4.78, 5) is 28.5. The van der Waals surface area contributed by atoms with E-state index < -0.39 is 0 Å². The van der Waals surface area contributed by atoms with Gasteiger partial charge >= 0.3 is 0 Å². The highest BCUT2D eigenvalue weighted by molar-refractivity contribution is 8.00. The molecule has 2 amide bonds. The fourth-order valence-corrected chi connectivity index (χ4v) is 2.91. The van der Waals surface area contributed by atoms with E-state index in [9.17, 15) is 9.59 Å². The second-order valence-corrected chi connectivity index (χ2v) is 5.84. The Morgan fingerprint density at radius 2 is 2.14 bits per heavy atom. The van der Waals surface area contributed by atoms with Crippen LogP contribution in [0.5, 0.6) is 0 Å². The van der Waals surface area contributed by atoms with E-state index in [2.05, 4.69) is 0 Å². The summed E-state index contributed by atoms with van der Waals surface area (Å²) in [7, 11) is 1.72. The number of hydrogen-bond acceptors (Lipinski definition) is 4. The maximum atomic E-state index is 12.2. The topological polar surface area (TPSA) is 66.6 Å². The average molecular weight is 330 g/mol. The van der Waals surface area contributed by atoms with Gasteiger partial charge in [-0.05, 0) is 19.1 Å². The fraction of sp³-hybridized carbons (Fsp3) is 0.429. The van der Waals surface area contributed by atoms with E-state index in [0.29, 0.717) is 12.3 Å². The van der Waals surface area contributed by atoms with E-state index in [0.717, 1.165) is 10.6 Å². The third kappa shape index (κ3) is 3.90. The van der Waals surface area contributed by atoms with Gasteiger partial charge in [0, 0.05) is 24.5 Å². The average Bonchev–Trinajstić information content (AvgIpc) is 2.48. The van der Waals surface area contributed by atoms with Crippen molar-refractivity contribution in [1.82, 2.24) is 4.90 Å². The Balaban J connectivity index is 0.00000220. The van der Waals surface area contributed by atoms with Crippen LogP contribution in [-0.2, 0) is 9.59 Å².